The van der Waals surface area contributed by atoms with Crippen LogP contribution in [0.15, 0.2) is 18.7 Å². The van der Waals surface area contributed by atoms with E-state index in [2.05, 4.69) is 27.4 Å². The molecule has 0 atom stereocenters. The third-order valence-corrected chi connectivity index (χ3v) is 2.39. The maximum Gasteiger partial charge on any atom is 0.268 e. The highest BCUT2D eigenvalue weighted by molar-refractivity contribution is 5.54. The van der Waals surface area contributed by atoms with Crippen molar-refractivity contribution in [3.63, 3.8) is 0 Å². The van der Waals surface area contributed by atoms with Gasteiger partial charge in [-0.05, 0) is 6.42 Å². The van der Waals surface area contributed by atoms with E-state index in [1.54, 1.807) is 17.1 Å². The molecule has 2 aromatic rings. The first kappa shape index (κ1) is 13.1. The summed E-state index contributed by atoms with van der Waals surface area (Å²) in [6.45, 7) is 2.91. The number of anilines is 1. The zero-order valence-corrected chi connectivity index (χ0v) is 10.8. The number of aryl methyl sites for hydroxylation is 1. The van der Waals surface area contributed by atoms with Crippen molar-refractivity contribution in [3.8, 4) is 17.4 Å². The lowest BCUT2D eigenvalue weighted by Gasteiger charge is -2.10. The van der Waals surface area contributed by atoms with E-state index in [4.69, 9.17) is 15.3 Å². The number of methoxy groups -OCH3 is 1. The number of ether oxygens (including phenoxy) is 2. The minimum absolute atomic E-state index is 0.279. The Labute approximate surface area is 110 Å². The van der Waals surface area contributed by atoms with Gasteiger partial charge in [-0.15, -0.1) is 0 Å². The lowest BCUT2D eigenvalue weighted by Crippen LogP contribution is -2.10. The van der Waals surface area contributed by atoms with Crippen LogP contribution in [-0.2, 0) is 6.54 Å². The second kappa shape index (κ2) is 6.01. The van der Waals surface area contributed by atoms with Gasteiger partial charge in [0.05, 0.1) is 19.5 Å². The predicted molar refractivity (Wildman–Crippen MR) is 69.0 cm³/mol. The van der Waals surface area contributed by atoms with Crippen molar-refractivity contribution >= 4 is 5.82 Å². The molecule has 102 valence electrons. The first-order chi connectivity index (χ1) is 9.28. The van der Waals surface area contributed by atoms with Crippen LogP contribution in [0.2, 0.25) is 0 Å². The fraction of sp³-hybridized carbons (Fsp3) is 0.364. The summed E-state index contributed by atoms with van der Waals surface area (Å²) < 4.78 is 12.6. The van der Waals surface area contributed by atoms with Crippen LogP contribution in [0.3, 0.4) is 0 Å². The van der Waals surface area contributed by atoms with E-state index in [1.807, 2.05) is 0 Å². The number of nitrogen functional groups attached to an aromatic ring is 1. The molecule has 0 amide bonds. The highest BCUT2D eigenvalue weighted by atomic mass is 16.5. The number of hydrazine groups is 1. The summed E-state index contributed by atoms with van der Waals surface area (Å²) in [6.07, 6.45) is 5.75. The second-order valence-electron chi connectivity index (χ2n) is 3.75. The summed E-state index contributed by atoms with van der Waals surface area (Å²) >= 11 is 0. The van der Waals surface area contributed by atoms with Gasteiger partial charge >= 0.3 is 0 Å². The van der Waals surface area contributed by atoms with Crippen molar-refractivity contribution in [2.45, 2.75) is 19.9 Å². The Morgan fingerprint density at radius 3 is 2.95 bits per heavy atom. The van der Waals surface area contributed by atoms with E-state index in [0.717, 1.165) is 13.0 Å². The Morgan fingerprint density at radius 1 is 1.42 bits per heavy atom. The van der Waals surface area contributed by atoms with Gasteiger partial charge in [0, 0.05) is 6.54 Å². The normalized spacial score (nSPS) is 10.3. The molecule has 8 nitrogen and oxygen atoms in total. The number of rotatable bonds is 6. The Bertz CT molecular complexity index is 542. The minimum Gasteiger partial charge on any atom is -0.489 e. The van der Waals surface area contributed by atoms with Crippen LogP contribution in [0.5, 0.6) is 17.4 Å². The summed E-state index contributed by atoms with van der Waals surface area (Å²) in [5.41, 5.74) is 2.42. The second-order valence-corrected chi connectivity index (χ2v) is 3.75. The zero-order chi connectivity index (χ0) is 13.7. The first-order valence-corrected chi connectivity index (χ1v) is 5.84. The highest BCUT2D eigenvalue weighted by Crippen LogP contribution is 2.33. The summed E-state index contributed by atoms with van der Waals surface area (Å²) in [6, 6.07) is 0. The number of hydrogen-bond acceptors (Lipinski definition) is 7. The fourth-order valence-corrected chi connectivity index (χ4v) is 1.58. The Balaban J connectivity index is 2.22. The number of hydrogen-bond donors (Lipinski definition) is 2. The van der Waals surface area contributed by atoms with E-state index >= 15 is 0 Å². The van der Waals surface area contributed by atoms with Gasteiger partial charge in [-0.1, -0.05) is 6.92 Å². The van der Waals surface area contributed by atoms with E-state index < -0.39 is 0 Å². The van der Waals surface area contributed by atoms with Crippen LogP contribution in [0, 0.1) is 0 Å². The van der Waals surface area contributed by atoms with Crippen LogP contribution in [0.25, 0.3) is 0 Å². The molecule has 2 rings (SSSR count). The van der Waals surface area contributed by atoms with Crippen molar-refractivity contribution in [1.82, 2.24) is 19.7 Å². The van der Waals surface area contributed by atoms with Gasteiger partial charge in [0.15, 0.2) is 11.6 Å². The third-order valence-electron chi connectivity index (χ3n) is 2.39. The maximum atomic E-state index is 5.61. The molecule has 0 radical (unpaired) electrons. The van der Waals surface area contributed by atoms with E-state index in [1.165, 1.54) is 13.4 Å². The first-order valence-electron chi connectivity index (χ1n) is 5.84. The van der Waals surface area contributed by atoms with Crippen LogP contribution in [0.1, 0.15) is 13.3 Å². The van der Waals surface area contributed by atoms with Crippen molar-refractivity contribution in [3.05, 3.63) is 18.7 Å². The SMILES string of the molecule is CCCn1cc(Oc2ncnc(NN)c2OC)cn1. The molecular formula is C11H16N6O2. The predicted octanol–water partition coefficient (Wildman–Crippen LogP) is 1.17. The molecule has 0 saturated carbocycles. The smallest absolute Gasteiger partial charge is 0.268 e. The molecule has 0 unspecified atom stereocenters. The van der Waals surface area contributed by atoms with Crippen LogP contribution in [-0.4, -0.2) is 26.9 Å². The molecule has 19 heavy (non-hydrogen) atoms. The molecule has 8 heteroatoms. The number of nitrogens with two attached hydrogens (primary N) is 1. The molecule has 0 spiro atoms. The van der Waals surface area contributed by atoms with Crippen molar-refractivity contribution in [2.75, 3.05) is 12.5 Å². The van der Waals surface area contributed by atoms with E-state index in [9.17, 15) is 0 Å². The van der Waals surface area contributed by atoms with Crippen molar-refractivity contribution < 1.29 is 9.47 Å². The maximum absolute atomic E-state index is 5.61. The average Bonchev–Trinajstić information content (AvgIpc) is 2.86. The van der Waals surface area contributed by atoms with Gasteiger partial charge in [-0.25, -0.2) is 10.8 Å². The standard InChI is InChI=1S/C11H16N6O2/c1-3-4-17-6-8(5-15-17)19-11-9(18-2)10(16-12)13-7-14-11/h5-7H,3-4,12H2,1-2H3,(H,13,14,16). The van der Waals surface area contributed by atoms with E-state index in [0.29, 0.717) is 17.3 Å². The Hall–Kier alpha value is -2.35. The number of nitrogens with zero attached hydrogens (tertiary/aromatic N) is 4. The fourth-order valence-electron chi connectivity index (χ4n) is 1.58. The largest absolute Gasteiger partial charge is 0.489 e. The molecule has 2 aromatic heterocycles. The van der Waals surface area contributed by atoms with Gasteiger partial charge < -0.3 is 14.9 Å². The lowest BCUT2D eigenvalue weighted by molar-refractivity contribution is 0.368. The monoisotopic (exact) mass is 264 g/mol. The van der Waals surface area contributed by atoms with Crippen molar-refractivity contribution in [2.24, 2.45) is 5.84 Å². The molecule has 0 aliphatic carbocycles. The topological polar surface area (TPSA) is 100 Å². The lowest BCUT2D eigenvalue weighted by atomic mass is 10.5. The van der Waals surface area contributed by atoms with Gasteiger partial charge in [-0.3, -0.25) is 4.68 Å². The number of nitrogens with one attached hydrogen (secondary N) is 1. The van der Waals surface area contributed by atoms with E-state index in [-0.39, 0.29) is 5.88 Å². The third kappa shape index (κ3) is 2.91. The zero-order valence-electron chi connectivity index (χ0n) is 10.8. The summed E-state index contributed by atoms with van der Waals surface area (Å²) in [5.74, 6) is 6.89. The van der Waals surface area contributed by atoms with Gasteiger partial charge in [-0.2, -0.15) is 10.1 Å². The summed E-state index contributed by atoms with van der Waals surface area (Å²) in [7, 11) is 1.49. The van der Waals surface area contributed by atoms with Crippen LogP contribution in [0.4, 0.5) is 5.82 Å². The minimum atomic E-state index is 0.279. The Morgan fingerprint density at radius 2 is 2.26 bits per heavy atom. The summed E-state index contributed by atoms with van der Waals surface area (Å²) in [5, 5.41) is 4.17. The molecule has 0 aliphatic heterocycles. The Kier molecular flexibility index (Phi) is 4.14. The molecule has 0 saturated heterocycles. The molecule has 0 aliphatic rings. The highest BCUT2D eigenvalue weighted by Gasteiger charge is 2.14. The van der Waals surface area contributed by atoms with Gasteiger partial charge in [0.25, 0.3) is 5.88 Å². The quantitative estimate of drug-likeness (QED) is 0.596. The van der Waals surface area contributed by atoms with Crippen LogP contribution >= 0.6 is 0 Å². The van der Waals surface area contributed by atoms with Crippen LogP contribution < -0.4 is 20.7 Å². The summed E-state index contributed by atoms with van der Waals surface area (Å²) in [4.78, 5) is 7.95. The molecule has 0 bridgehead atoms. The van der Waals surface area contributed by atoms with Gasteiger partial charge in [0.1, 0.15) is 6.33 Å². The molecular weight excluding hydrogens is 248 g/mol. The average molecular weight is 264 g/mol. The van der Waals surface area contributed by atoms with Crippen molar-refractivity contribution in [1.29, 1.82) is 0 Å². The molecule has 2 heterocycles. The molecule has 3 N–H and O–H groups in total. The molecule has 0 fully saturated rings. The van der Waals surface area contributed by atoms with Gasteiger partial charge in [0.2, 0.25) is 5.75 Å². The molecule has 0 aromatic carbocycles. The number of aromatic nitrogens is 4.